The normalized spacial score (nSPS) is 28.8. The summed E-state index contributed by atoms with van der Waals surface area (Å²) in [6, 6.07) is 7.10. The van der Waals surface area contributed by atoms with E-state index in [4.69, 9.17) is 10.5 Å². The molecule has 0 saturated heterocycles. The molecule has 0 radical (unpaired) electrons. The van der Waals surface area contributed by atoms with Gasteiger partial charge in [0.05, 0.1) is 12.4 Å². The van der Waals surface area contributed by atoms with Crippen LogP contribution in [-0.4, -0.2) is 33.1 Å². The molecule has 4 nitrogen and oxygen atoms in total. The monoisotopic (exact) mass is 241 g/mol. The molecule has 1 aromatic rings. The van der Waals surface area contributed by atoms with Gasteiger partial charge < -0.3 is 10.5 Å². The van der Waals surface area contributed by atoms with Gasteiger partial charge in [0.1, 0.15) is 5.75 Å². The maximum atomic E-state index is 11.4. The quantitative estimate of drug-likeness (QED) is 0.838. The third-order valence-electron chi connectivity index (χ3n) is 3.00. The lowest BCUT2D eigenvalue weighted by Gasteiger charge is -2.02. The summed E-state index contributed by atoms with van der Waals surface area (Å²) in [6.45, 7) is 0. The molecule has 0 aromatic heterocycles. The number of nitrogens with two attached hydrogens (primary N) is 1. The van der Waals surface area contributed by atoms with Crippen LogP contribution in [0.2, 0.25) is 0 Å². The van der Waals surface area contributed by atoms with Crippen molar-refractivity contribution in [1.82, 2.24) is 0 Å². The van der Waals surface area contributed by atoms with Crippen molar-refractivity contribution in [1.29, 1.82) is 0 Å². The molecule has 2 rings (SSSR count). The smallest absolute Gasteiger partial charge is 0.152 e. The van der Waals surface area contributed by atoms with Gasteiger partial charge in [0.25, 0.3) is 0 Å². The van der Waals surface area contributed by atoms with Crippen molar-refractivity contribution in [2.75, 3.05) is 13.4 Å². The maximum Gasteiger partial charge on any atom is 0.152 e. The molecule has 1 aromatic carbocycles. The Bertz CT molecular complexity index is 480. The van der Waals surface area contributed by atoms with Gasteiger partial charge in [-0.05, 0) is 17.7 Å². The van der Waals surface area contributed by atoms with Crippen LogP contribution in [0.1, 0.15) is 11.5 Å². The van der Waals surface area contributed by atoms with Crippen molar-refractivity contribution >= 4 is 9.84 Å². The first kappa shape index (κ1) is 11.4. The van der Waals surface area contributed by atoms with Crippen molar-refractivity contribution in [2.24, 2.45) is 5.73 Å². The molecule has 2 N–H and O–H groups in total. The number of sulfone groups is 1. The lowest BCUT2D eigenvalue weighted by Crippen LogP contribution is -2.13. The molecule has 0 amide bonds. The van der Waals surface area contributed by atoms with Gasteiger partial charge in [-0.3, -0.25) is 0 Å². The Balaban J connectivity index is 2.21. The first-order valence-electron chi connectivity index (χ1n) is 5.03. The van der Waals surface area contributed by atoms with Crippen LogP contribution >= 0.6 is 0 Å². The molecular formula is C11H15NO3S. The van der Waals surface area contributed by atoms with E-state index in [0.29, 0.717) is 0 Å². The standard InChI is InChI=1S/C11H15NO3S/c1-15-8-5-3-7(4-6-8)9-10(12)11(9)16(2,13)14/h3-6,9-11H,12H2,1-2H3/t9-,10-,11+/m1/s1. The minimum absolute atomic E-state index is 0.0686. The van der Waals surface area contributed by atoms with Gasteiger partial charge in [0.15, 0.2) is 9.84 Å². The van der Waals surface area contributed by atoms with Crippen LogP contribution in [0, 0.1) is 0 Å². The molecule has 3 atom stereocenters. The highest BCUT2D eigenvalue weighted by Crippen LogP contribution is 2.44. The Morgan fingerprint density at radius 1 is 1.25 bits per heavy atom. The molecule has 0 bridgehead atoms. The molecule has 5 heteroatoms. The average molecular weight is 241 g/mol. The molecule has 1 aliphatic rings. The molecule has 1 fully saturated rings. The minimum Gasteiger partial charge on any atom is -0.497 e. The largest absolute Gasteiger partial charge is 0.497 e. The summed E-state index contributed by atoms with van der Waals surface area (Å²) in [4.78, 5) is 0. The zero-order valence-corrected chi connectivity index (χ0v) is 10.1. The highest BCUT2D eigenvalue weighted by atomic mass is 32.2. The van der Waals surface area contributed by atoms with Crippen LogP contribution in [0.4, 0.5) is 0 Å². The van der Waals surface area contributed by atoms with Gasteiger partial charge in [-0.1, -0.05) is 12.1 Å². The summed E-state index contributed by atoms with van der Waals surface area (Å²) >= 11 is 0. The molecule has 1 aliphatic carbocycles. The summed E-state index contributed by atoms with van der Waals surface area (Å²) in [7, 11) is -1.45. The number of rotatable bonds is 3. The topological polar surface area (TPSA) is 69.4 Å². The Morgan fingerprint density at radius 3 is 2.19 bits per heavy atom. The van der Waals surface area contributed by atoms with E-state index in [1.807, 2.05) is 24.3 Å². The fourth-order valence-electron chi connectivity index (χ4n) is 2.10. The highest BCUT2D eigenvalue weighted by Gasteiger charge is 2.54. The summed E-state index contributed by atoms with van der Waals surface area (Å²) < 4.78 is 27.9. The SMILES string of the molecule is COc1ccc([C@@H]2[C@@H](N)[C@H]2S(C)(=O)=O)cc1. The summed E-state index contributed by atoms with van der Waals surface area (Å²) in [5.74, 6) is 0.690. The van der Waals surface area contributed by atoms with Gasteiger partial charge in [0.2, 0.25) is 0 Å². The number of methoxy groups -OCH3 is 1. The first-order chi connectivity index (χ1) is 7.45. The predicted molar refractivity (Wildman–Crippen MR) is 62.3 cm³/mol. The van der Waals surface area contributed by atoms with Crippen molar-refractivity contribution in [2.45, 2.75) is 17.2 Å². The zero-order valence-electron chi connectivity index (χ0n) is 9.25. The molecular weight excluding hydrogens is 226 g/mol. The van der Waals surface area contributed by atoms with E-state index in [0.717, 1.165) is 11.3 Å². The number of hydrogen-bond acceptors (Lipinski definition) is 4. The van der Waals surface area contributed by atoms with E-state index in [-0.39, 0.29) is 12.0 Å². The molecule has 0 unspecified atom stereocenters. The molecule has 88 valence electrons. The van der Waals surface area contributed by atoms with Crippen LogP contribution in [-0.2, 0) is 9.84 Å². The number of hydrogen-bond donors (Lipinski definition) is 1. The van der Waals surface area contributed by atoms with Crippen LogP contribution in [0.15, 0.2) is 24.3 Å². The van der Waals surface area contributed by atoms with Gasteiger partial charge in [-0.15, -0.1) is 0 Å². The molecule has 0 spiro atoms. The number of ether oxygens (including phenoxy) is 1. The molecule has 0 heterocycles. The third-order valence-corrected chi connectivity index (χ3v) is 4.60. The minimum atomic E-state index is -3.05. The van der Waals surface area contributed by atoms with E-state index in [2.05, 4.69) is 0 Å². The molecule has 16 heavy (non-hydrogen) atoms. The second kappa shape index (κ2) is 3.75. The van der Waals surface area contributed by atoms with E-state index in [1.165, 1.54) is 6.26 Å². The Hall–Kier alpha value is -1.07. The van der Waals surface area contributed by atoms with Gasteiger partial charge in [-0.25, -0.2) is 8.42 Å². The Labute approximate surface area is 95.3 Å². The lowest BCUT2D eigenvalue weighted by atomic mass is 10.1. The van der Waals surface area contributed by atoms with Crippen LogP contribution in [0.3, 0.4) is 0 Å². The Kier molecular flexibility index (Phi) is 2.67. The highest BCUT2D eigenvalue weighted by molar-refractivity contribution is 7.91. The average Bonchev–Trinajstić information content (AvgIpc) is 2.90. The Morgan fingerprint density at radius 2 is 1.81 bits per heavy atom. The van der Waals surface area contributed by atoms with E-state index >= 15 is 0 Å². The second-order valence-corrected chi connectivity index (χ2v) is 6.37. The van der Waals surface area contributed by atoms with Gasteiger partial charge in [0, 0.05) is 18.2 Å². The molecule has 0 aliphatic heterocycles. The molecule has 1 saturated carbocycles. The van der Waals surface area contributed by atoms with Crippen molar-refractivity contribution in [3.8, 4) is 5.75 Å². The number of benzene rings is 1. The summed E-state index contributed by atoms with van der Waals surface area (Å²) in [5.41, 5.74) is 6.75. The van der Waals surface area contributed by atoms with E-state index < -0.39 is 15.1 Å². The summed E-state index contributed by atoms with van der Waals surface area (Å²) in [5, 5.41) is -0.430. The van der Waals surface area contributed by atoms with Crippen LogP contribution in [0.25, 0.3) is 0 Å². The second-order valence-electron chi connectivity index (χ2n) is 4.17. The fraction of sp³-hybridized carbons (Fsp3) is 0.455. The van der Waals surface area contributed by atoms with Crippen molar-refractivity contribution in [3.63, 3.8) is 0 Å². The van der Waals surface area contributed by atoms with Crippen molar-refractivity contribution < 1.29 is 13.2 Å². The van der Waals surface area contributed by atoms with Crippen molar-refractivity contribution in [3.05, 3.63) is 29.8 Å². The lowest BCUT2D eigenvalue weighted by molar-refractivity contribution is 0.414. The van der Waals surface area contributed by atoms with E-state index in [1.54, 1.807) is 7.11 Å². The fourth-order valence-corrected chi connectivity index (χ4v) is 3.62. The first-order valence-corrected chi connectivity index (χ1v) is 6.99. The third kappa shape index (κ3) is 1.92. The summed E-state index contributed by atoms with van der Waals surface area (Å²) in [6.07, 6.45) is 1.24. The van der Waals surface area contributed by atoms with Crippen LogP contribution < -0.4 is 10.5 Å². The van der Waals surface area contributed by atoms with Crippen LogP contribution in [0.5, 0.6) is 5.75 Å². The maximum absolute atomic E-state index is 11.4. The van der Waals surface area contributed by atoms with Gasteiger partial charge >= 0.3 is 0 Å². The van der Waals surface area contributed by atoms with Gasteiger partial charge in [-0.2, -0.15) is 0 Å². The predicted octanol–water partition coefficient (Wildman–Crippen LogP) is 0.533. The zero-order chi connectivity index (χ0) is 11.9. The van der Waals surface area contributed by atoms with E-state index in [9.17, 15) is 8.42 Å².